The Hall–Kier alpha value is -1.80. The maximum Gasteiger partial charge on any atom is 0.242 e. The van der Waals surface area contributed by atoms with Crippen molar-refractivity contribution in [2.24, 2.45) is 0 Å². The van der Waals surface area contributed by atoms with Gasteiger partial charge >= 0.3 is 0 Å². The van der Waals surface area contributed by atoms with Gasteiger partial charge in [-0.2, -0.15) is 0 Å². The number of carboxylic acid groups (broad SMARTS) is 1. The number of aromatic carboxylic acids is 1. The van der Waals surface area contributed by atoms with Gasteiger partial charge < -0.3 is 14.6 Å². The molecule has 0 heterocycles. The first-order valence-corrected chi connectivity index (χ1v) is 9.31. The van der Waals surface area contributed by atoms with Crippen LogP contribution in [0.15, 0.2) is 41.3 Å². The molecule has 2 aromatic rings. The normalized spacial score (nSPS) is 11.3. The van der Waals surface area contributed by atoms with Crippen LogP contribution in [0, 0.1) is 0 Å². The van der Waals surface area contributed by atoms with Crippen molar-refractivity contribution in [2.75, 3.05) is 13.7 Å². The minimum absolute atomic E-state index is 0.105. The predicted octanol–water partition coefficient (Wildman–Crippen LogP) is 1.89. The number of carboxylic acids is 1. The molecule has 2 aromatic carbocycles. The van der Waals surface area contributed by atoms with Gasteiger partial charge in [0.1, 0.15) is 10.6 Å². The Bertz CT molecular complexity index is 882. The Morgan fingerprint density at radius 2 is 1.80 bits per heavy atom. The molecule has 0 radical (unpaired) electrons. The zero-order chi connectivity index (χ0) is 18.6. The molecule has 0 aliphatic rings. The van der Waals surface area contributed by atoms with Gasteiger partial charge in [0.25, 0.3) is 0 Å². The van der Waals surface area contributed by atoms with E-state index in [1.807, 2.05) is 12.1 Å². The maximum absolute atomic E-state index is 12.4. The van der Waals surface area contributed by atoms with Gasteiger partial charge in [-0.3, -0.25) is 0 Å². The summed E-state index contributed by atoms with van der Waals surface area (Å²) >= 11 is 11.6. The van der Waals surface area contributed by atoms with Gasteiger partial charge in [0, 0.05) is 12.1 Å². The van der Waals surface area contributed by atoms with E-state index in [2.05, 4.69) is 4.72 Å². The van der Waals surface area contributed by atoms with Crippen LogP contribution in [0.25, 0.3) is 0 Å². The number of methoxy groups -OCH3 is 1. The number of hydrogen-bond donors (Lipinski definition) is 1. The van der Waals surface area contributed by atoms with Gasteiger partial charge in [0.05, 0.1) is 23.1 Å². The quantitative estimate of drug-likeness (QED) is 0.762. The van der Waals surface area contributed by atoms with Crippen molar-refractivity contribution in [3.63, 3.8) is 0 Å². The molecule has 9 heteroatoms. The van der Waals surface area contributed by atoms with Crippen LogP contribution >= 0.6 is 23.2 Å². The zero-order valence-electron chi connectivity index (χ0n) is 13.1. The zero-order valence-corrected chi connectivity index (χ0v) is 15.4. The van der Waals surface area contributed by atoms with Crippen LogP contribution in [0.3, 0.4) is 0 Å². The number of sulfonamides is 1. The number of carbonyl (C=O) groups excluding carboxylic acids is 1. The van der Waals surface area contributed by atoms with Crippen LogP contribution in [0.1, 0.15) is 15.9 Å². The number of hydrogen-bond acceptors (Lipinski definition) is 5. The van der Waals surface area contributed by atoms with Crippen molar-refractivity contribution in [3.8, 4) is 5.75 Å². The summed E-state index contributed by atoms with van der Waals surface area (Å²) in [6.45, 7) is 0.105. The second-order valence-electron chi connectivity index (χ2n) is 5.05. The van der Waals surface area contributed by atoms with Crippen molar-refractivity contribution in [1.29, 1.82) is 0 Å². The summed E-state index contributed by atoms with van der Waals surface area (Å²) in [6, 6.07) is 9.12. The number of halogens is 2. The lowest BCUT2D eigenvalue weighted by molar-refractivity contribution is -0.255. The monoisotopic (exact) mass is 402 g/mol. The minimum Gasteiger partial charge on any atom is -0.545 e. The molecule has 0 saturated heterocycles. The van der Waals surface area contributed by atoms with E-state index in [4.69, 9.17) is 27.9 Å². The highest BCUT2D eigenvalue weighted by atomic mass is 35.5. The largest absolute Gasteiger partial charge is 0.545 e. The fraction of sp³-hybridized carbons (Fsp3) is 0.188. The lowest BCUT2D eigenvalue weighted by Crippen LogP contribution is -2.27. The number of carbonyl (C=O) groups is 1. The highest BCUT2D eigenvalue weighted by molar-refractivity contribution is 7.89. The molecule has 0 fully saturated rings. The van der Waals surface area contributed by atoms with E-state index in [0.29, 0.717) is 12.2 Å². The molecule has 25 heavy (non-hydrogen) atoms. The van der Waals surface area contributed by atoms with E-state index in [0.717, 1.165) is 17.7 Å². The van der Waals surface area contributed by atoms with Crippen LogP contribution in [-0.2, 0) is 16.4 Å². The fourth-order valence-electron chi connectivity index (χ4n) is 2.09. The van der Waals surface area contributed by atoms with Crippen molar-refractivity contribution < 1.29 is 23.1 Å². The van der Waals surface area contributed by atoms with Gasteiger partial charge in [-0.25, -0.2) is 13.1 Å². The van der Waals surface area contributed by atoms with Gasteiger partial charge in [-0.1, -0.05) is 35.3 Å². The summed E-state index contributed by atoms with van der Waals surface area (Å²) in [6.07, 6.45) is 0.432. The molecule has 0 aliphatic heterocycles. The molecule has 0 bridgehead atoms. The Kier molecular flexibility index (Phi) is 6.29. The summed E-state index contributed by atoms with van der Waals surface area (Å²) in [5.74, 6) is -0.886. The summed E-state index contributed by atoms with van der Waals surface area (Å²) in [5, 5.41) is 10.6. The molecule has 0 spiro atoms. The van der Waals surface area contributed by atoms with E-state index in [1.165, 1.54) is 0 Å². The van der Waals surface area contributed by atoms with Crippen molar-refractivity contribution in [3.05, 3.63) is 57.6 Å². The third-order valence-electron chi connectivity index (χ3n) is 3.40. The second kappa shape index (κ2) is 8.05. The molecule has 6 nitrogen and oxygen atoms in total. The van der Waals surface area contributed by atoms with Gasteiger partial charge in [0.15, 0.2) is 0 Å². The summed E-state index contributed by atoms with van der Waals surface area (Å²) in [7, 11) is -2.45. The number of nitrogens with one attached hydrogen (secondary N) is 1. The van der Waals surface area contributed by atoms with Crippen LogP contribution in [-0.4, -0.2) is 28.0 Å². The van der Waals surface area contributed by atoms with Crippen LogP contribution in [0.2, 0.25) is 10.0 Å². The number of benzene rings is 2. The third-order valence-corrected chi connectivity index (χ3v) is 5.63. The molecular formula is C16H14Cl2NO5S-. The Balaban J connectivity index is 2.13. The Morgan fingerprint density at radius 3 is 2.36 bits per heavy atom. The minimum atomic E-state index is -4.00. The molecular weight excluding hydrogens is 389 g/mol. The van der Waals surface area contributed by atoms with Crippen LogP contribution < -0.4 is 14.6 Å². The van der Waals surface area contributed by atoms with Crippen LogP contribution in [0.4, 0.5) is 0 Å². The van der Waals surface area contributed by atoms with E-state index < -0.39 is 21.6 Å². The second-order valence-corrected chi connectivity index (χ2v) is 7.60. The topological polar surface area (TPSA) is 95.5 Å². The first-order valence-electron chi connectivity index (χ1n) is 7.07. The highest BCUT2D eigenvalue weighted by Crippen LogP contribution is 2.28. The fourth-order valence-corrected chi connectivity index (χ4v) is 3.97. The third kappa shape index (κ3) is 4.85. The lowest BCUT2D eigenvalue weighted by atomic mass is 10.1. The van der Waals surface area contributed by atoms with Gasteiger partial charge in [-0.05, 0) is 36.2 Å². The average molecular weight is 403 g/mol. The molecule has 0 aromatic heterocycles. The Labute approximate surface area is 155 Å². The first kappa shape index (κ1) is 19.5. The standard InChI is InChI=1S/C16H15Cl2NO5S/c1-24-11-4-2-10(3-5-11)6-7-19-25(22,23)15-8-12(16(20)21)13(17)9-14(15)18/h2-5,8-9,19H,6-7H2,1H3,(H,20,21)/p-1. The Morgan fingerprint density at radius 1 is 1.16 bits per heavy atom. The van der Waals surface area contributed by atoms with Crippen molar-refractivity contribution >= 4 is 39.2 Å². The summed E-state index contributed by atoms with van der Waals surface area (Å²) < 4.78 is 32.1. The van der Waals surface area contributed by atoms with Crippen LogP contribution in [0.5, 0.6) is 5.75 Å². The van der Waals surface area contributed by atoms with Crippen molar-refractivity contribution in [1.82, 2.24) is 4.72 Å². The summed E-state index contributed by atoms with van der Waals surface area (Å²) in [5.41, 5.74) is 0.461. The van der Waals surface area contributed by atoms with E-state index in [9.17, 15) is 18.3 Å². The summed E-state index contributed by atoms with van der Waals surface area (Å²) in [4.78, 5) is 10.6. The van der Waals surface area contributed by atoms with E-state index in [-0.39, 0.29) is 21.5 Å². The predicted molar refractivity (Wildman–Crippen MR) is 92.7 cm³/mol. The number of rotatable bonds is 7. The van der Waals surface area contributed by atoms with Crippen molar-refractivity contribution in [2.45, 2.75) is 11.3 Å². The molecule has 134 valence electrons. The molecule has 0 unspecified atom stereocenters. The smallest absolute Gasteiger partial charge is 0.242 e. The number of ether oxygens (including phenoxy) is 1. The molecule has 0 saturated carbocycles. The maximum atomic E-state index is 12.4. The molecule has 2 rings (SSSR count). The lowest BCUT2D eigenvalue weighted by Gasteiger charge is -2.12. The average Bonchev–Trinajstić information content (AvgIpc) is 2.54. The molecule has 0 amide bonds. The molecule has 0 aliphatic carbocycles. The molecule has 1 N–H and O–H groups in total. The van der Waals surface area contributed by atoms with Gasteiger partial charge in [-0.15, -0.1) is 0 Å². The SMILES string of the molecule is COc1ccc(CCNS(=O)(=O)c2cc(C(=O)[O-])c(Cl)cc2Cl)cc1. The van der Waals surface area contributed by atoms with E-state index in [1.54, 1.807) is 19.2 Å². The highest BCUT2D eigenvalue weighted by Gasteiger charge is 2.20. The van der Waals surface area contributed by atoms with E-state index >= 15 is 0 Å². The molecule has 0 atom stereocenters. The van der Waals surface area contributed by atoms with Gasteiger partial charge in [0.2, 0.25) is 10.0 Å². The first-order chi connectivity index (χ1) is 11.7.